The summed E-state index contributed by atoms with van der Waals surface area (Å²) >= 11 is 0. The number of ether oxygens (including phenoxy) is 1. The molecule has 0 bridgehead atoms. The topological polar surface area (TPSA) is 67.4 Å². The molecule has 0 aliphatic rings. The van der Waals surface area contributed by atoms with E-state index >= 15 is 0 Å². The first-order valence-corrected chi connectivity index (χ1v) is 7.64. The minimum atomic E-state index is -5.13. The molecule has 12 heteroatoms. The number of carbonyl (C=O) groups excluding carboxylic acids is 2. The van der Waals surface area contributed by atoms with Crippen LogP contribution in [0.25, 0.3) is 0 Å². The molecule has 0 aromatic heterocycles. The molecule has 2 N–H and O–H groups in total. The fourth-order valence-corrected chi connectivity index (χ4v) is 2.03. The highest BCUT2D eigenvalue weighted by Crippen LogP contribution is 2.36. The number of hydrazine groups is 1. The van der Waals surface area contributed by atoms with Crippen molar-refractivity contribution < 1.29 is 45.1 Å². The highest BCUT2D eigenvalue weighted by Gasteiger charge is 2.37. The molecule has 29 heavy (non-hydrogen) atoms. The lowest BCUT2D eigenvalue weighted by atomic mass is 10.0. The van der Waals surface area contributed by atoms with Gasteiger partial charge in [0.15, 0.2) is 18.2 Å². The predicted octanol–water partition coefficient (Wildman–Crippen LogP) is 3.70. The molecule has 0 heterocycles. The van der Waals surface area contributed by atoms with E-state index in [-0.39, 0.29) is 23.9 Å². The van der Waals surface area contributed by atoms with Crippen LogP contribution in [-0.2, 0) is 17.1 Å². The number of amides is 2. The van der Waals surface area contributed by atoms with E-state index in [4.69, 9.17) is 4.74 Å². The maximum Gasteiger partial charge on any atom is 0.416 e. The zero-order chi connectivity index (χ0) is 21.8. The smallest absolute Gasteiger partial charge is 0.416 e. The number of alkyl halides is 6. The summed E-state index contributed by atoms with van der Waals surface area (Å²) < 4.78 is 94.9. The van der Waals surface area contributed by atoms with Crippen LogP contribution < -0.4 is 15.6 Å². The molecule has 2 aromatic rings. The SMILES string of the molecule is O=C(COc1ccccc1F)NNC(=O)c1cc(C(F)(F)F)cc(C(F)(F)F)c1. The molecule has 0 unspecified atom stereocenters. The molecule has 0 saturated carbocycles. The summed E-state index contributed by atoms with van der Waals surface area (Å²) in [5.41, 5.74) is -0.962. The lowest BCUT2D eigenvalue weighted by molar-refractivity contribution is -0.143. The van der Waals surface area contributed by atoms with Crippen LogP contribution in [0.15, 0.2) is 42.5 Å². The molecule has 0 radical (unpaired) electrons. The first-order chi connectivity index (χ1) is 13.4. The molecule has 5 nitrogen and oxygen atoms in total. The average molecular weight is 424 g/mol. The molecule has 2 amide bonds. The number of halogens is 7. The molecule has 2 rings (SSSR count). The third-order valence-electron chi connectivity index (χ3n) is 3.36. The quantitative estimate of drug-likeness (QED) is 0.581. The van der Waals surface area contributed by atoms with Gasteiger partial charge in [-0.2, -0.15) is 26.3 Å². The van der Waals surface area contributed by atoms with E-state index in [2.05, 4.69) is 0 Å². The number of hydrogen-bond donors (Lipinski definition) is 2. The van der Waals surface area contributed by atoms with Crippen LogP contribution in [0.4, 0.5) is 30.7 Å². The van der Waals surface area contributed by atoms with Gasteiger partial charge in [0.25, 0.3) is 11.8 Å². The van der Waals surface area contributed by atoms with Gasteiger partial charge in [0.1, 0.15) is 0 Å². The molecule has 0 aliphatic carbocycles. The molecular formula is C17H11F7N2O3. The zero-order valence-corrected chi connectivity index (χ0v) is 14.1. The second kappa shape index (κ2) is 8.37. The van der Waals surface area contributed by atoms with Crippen molar-refractivity contribution >= 4 is 11.8 Å². The summed E-state index contributed by atoms with van der Waals surface area (Å²) in [6.45, 7) is -0.780. The predicted molar refractivity (Wildman–Crippen MR) is 83.9 cm³/mol. The number of para-hydroxylation sites is 1. The number of hydrogen-bond acceptors (Lipinski definition) is 3. The number of benzene rings is 2. The Kier molecular flexibility index (Phi) is 6.34. The summed E-state index contributed by atoms with van der Waals surface area (Å²) in [6.07, 6.45) is -10.3. The van der Waals surface area contributed by atoms with E-state index in [0.29, 0.717) is 0 Å². The van der Waals surface area contributed by atoms with Crippen molar-refractivity contribution in [3.63, 3.8) is 0 Å². The fraction of sp³-hybridized carbons (Fsp3) is 0.176. The van der Waals surface area contributed by atoms with Gasteiger partial charge in [-0.3, -0.25) is 20.4 Å². The second-order valence-electron chi connectivity index (χ2n) is 5.52. The Labute approximate surface area is 158 Å². The van der Waals surface area contributed by atoms with Gasteiger partial charge < -0.3 is 4.74 Å². The minimum absolute atomic E-state index is 0.141. The Morgan fingerprint density at radius 1 is 0.862 bits per heavy atom. The van der Waals surface area contributed by atoms with E-state index in [1.807, 2.05) is 0 Å². The van der Waals surface area contributed by atoms with E-state index in [1.165, 1.54) is 18.2 Å². The van der Waals surface area contributed by atoms with Crippen molar-refractivity contribution in [3.05, 3.63) is 65.0 Å². The van der Waals surface area contributed by atoms with Crippen LogP contribution in [0, 0.1) is 5.82 Å². The summed E-state index contributed by atoms with van der Waals surface area (Å²) in [4.78, 5) is 23.5. The van der Waals surface area contributed by atoms with Gasteiger partial charge in [-0.1, -0.05) is 12.1 Å². The average Bonchev–Trinajstić information content (AvgIpc) is 2.63. The highest BCUT2D eigenvalue weighted by molar-refractivity contribution is 5.95. The van der Waals surface area contributed by atoms with Gasteiger partial charge in [-0.05, 0) is 30.3 Å². The number of carbonyl (C=O) groups is 2. The molecule has 0 atom stereocenters. The van der Waals surface area contributed by atoms with Crippen molar-refractivity contribution in [2.24, 2.45) is 0 Å². The normalized spacial score (nSPS) is 11.7. The Balaban J connectivity index is 2.06. The van der Waals surface area contributed by atoms with Crippen LogP contribution in [0.3, 0.4) is 0 Å². The van der Waals surface area contributed by atoms with Crippen LogP contribution in [0.1, 0.15) is 21.5 Å². The Morgan fingerprint density at radius 2 is 1.41 bits per heavy atom. The number of nitrogens with one attached hydrogen (secondary N) is 2. The van der Waals surface area contributed by atoms with Crippen LogP contribution >= 0.6 is 0 Å². The molecule has 2 aromatic carbocycles. The third kappa shape index (κ3) is 6.09. The maximum atomic E-state index is 13.3. The van der Waals surface area contributed by atoms with Crippen LogP contribution in [0.5, 0.6) is 5.75 Å². The summed E-state index contributed by atoms with van der Waals surface area (Å²) in [7, 11) is 0. The van der Waals surface area contributed by atoms with Gasteiger partial charge in [-0.15, -0.1) is 0 Å². The first kappa shape index (κ1) is 22.0. The van der Waals surface area contributed by atoms with Crippen molar-refractivity contribution in [2.75, 3.05) is 6.61 Å². The van der Waals surface area contributed by atoms with Crippen LogP contribution in [-0.4, -0.2) is 18.4 Å². The van der Waals surface area contributed by atoms with Gasteiger partial charge in [0.05, 0.1) is 11.1 Å². The first-order valence-electron chi connectivity index (χ1n) is 7.64. The molecular weight excluding hydrogens is 413 g/mol. The molecule has 156 valence electrons. The van der Waals surface area contributed by atoms with Crippen molar-refractivity contribution in [3.8, 4) is 5.75 Å². The van der Waals surface area contributed by atoms with Crippen LogP contribution in [0.2, 0.25) is 0 Å². The largest absolute Gasteiger partial charge is 0.481 e. The lowest BCUT2D eigenvalue weighted by Gasteiger charge is -2.14. The van der Waals surface area contributed by atoms with Gasteiger partial charge in [0, 0.05) is 5.56 Å². The standard InChI is InChI=1S/C17H11F7N2O3/c18-12-3-1-2-4-13(12)29-8-14(27)25-26-15(28)9-5-10(16(19,20)21)7-11(6-9)17(22,23)24/h1-7H,8H2,(H,25,27)(H,26,28). The van der Waals surface area contributed by atoms with Crippen molar-refractivity contribution in [1.82, 2.24) is 10.9 Å². The third-order valence-corrected chi connectivity index (χ3v) is 3.36. The molecule has 0 aliphatic heterocycles. The molecule has 0 spiro atoms. The second-order valence-corrected chi connectivity index (χ2v) is 5.52. The van der Waals surface area contributed by atoms with Crippen molar-refractivity contribution in [1.29, 1.82) is 0 Å². The number of rotatable bonds is 4. The Hall–Kier alpha value is -3.31. The monoisotopic (exact) mass is 424 g/mol. The Morgan fingerprint density at radius 3 is 1.93 bits per heavy atom. The highest BCUT2D eigenvalue weighted by atomic mass is 19.4. The summed E-state index contributed by atoms with van der Waals surface area (Å²) in [6, 6.07) is 5.32. The van der Waals surface area contributed by atoms with Gasteiger partial charge in [0.2, 0.25) is 0 Å². The molecule has 0 saturated heterocycles. The van der Waals surface area contributed by atoms with Crippen molar-refractivity contribution in [2.45, 2.75) is 12.4 Å². The minimum Gasteiger partial charge on any atom is -0.481 e. The van der Waals surface area contributed by atoms with E-state index in [0.717, 1.165) is 6.07 Å². The fourth-order valence-electron chi connectivity index (χ4n) is 2.03. The Bertz CT molecular complexity index is 878. The van der Waals surface area contributed by atoms with E-state index < -0.39 is 53.3 Å². The van der Waals surface area contributed by atoms with E-state index in [1.54, 1.807) is 10.9 Å². The molecule has 0 fully saturated rings. The summed E-state index contributed by atoms with van der Waals surface area (Å²) in [5.74, 6) is -3.51. The van der Waals surface area contributed by atoms with E-state index in [9.17, 15) is 40.3 Å². The maximum absolute atomic E-state index is 13.3. The van der Waals surface area contributed by atoms with Gasteiger partial charge >= 0.3 is 12.4 Å². The zero-order valence-electron chi connectivity index (χ0n) is 14.1. The van der Waals surface area contributed by atoms with Gasteiger partial charge in [-0.25, -0.2) is 4.39 Å². The lowest BCUT2D eigenvalue weighted by Crippen LogP contribution is -2.44. The summed E-state index contributed by atoms with van der Waals surface area (Å²) in [5, 5.41) is 0.